The minimum atomic E-state index is 0.116. The maximum atomic E-state index is 5.70. The van der Waals surface area contributed by atoms with Crippen molar-refractivity contribution in [3.05, 3.63) is 5.82 Å². The molecule has 0 radical (unpaired) electrons. The lowest BCUT2D eigenvalue weighted by Gasteiger charge is -2.09. The van der Waals surface area contributed by atoms with Gasteiger partial charge in [-0.15, -0.1) is 10.2 Å². The Morgan fingerprint density at radius 2 is 2.00 bits per heavy atom. The summed E-state index contributed by atoms with van der Waals surface area (Å²) in [6.45, 7) is 6.10. The molecule has 0 aromatic carbocycles. The molecule has 1 unspecified atom stereocenters. The standard InChI is InChI=1S/C9H19N5/c1-6(2)11-9-13-12-8(14(9)4)5-7(3)10/h6-7H,5,10H2,1-4H3,(H,11,13). The molecule has 0 aliphatic heterocycles. The quantitative estimate of drug-likeness (QED) is 0.738. The van der Waals surface area contributed by atoms with Crippen LogP contribution in [0.3, 0.4) is 0 Å². The lowest BCUT2D eigenvalue weighted by molar-refractivity contribution is 0.670. The number of rotatable bonds is 4. The second-order valence-electron chi connectivity index (χ2n) is 3.98. The Hall–Kier alpha value is -1.10. The van der Waals surface area contributed by atoms with Gasteiger partial charge in [0.05, 0.1) is 0 Å². The zero-order valence-corrected chi connectivity index (χ0v) is 9.28. The summed E-state index contributed by atoms with van der Waals surface area (Å²) in [5.74, 6) is 1.72. The molecule has 1 heterocycles. The number of nitrogens with one attached hydrogen (secondary N) is 1. The van der Waals surface area contributed by atoms with E-state index in [1.54, 1.807) is 0 Å². The van der Waals surface area contributed by atoms with Crippen LogP contribution in [0.25, 0.3) is 0 Å². The largest absolute Gasteiger partial charge is 0.352 e. The van der Waals surface area contributed by atoms with Crippen LogP contribution in [0.4, 0.5) is 5.95 Å². The second-order valence-corrected chi connectivity index (χ2v) is 3.98. The maximum absolute atomic E-state index is 5.70. The van der Waals surface area contributed by atoms with E-state index in [0.717, 1.165) is 18.2 Å². The van der Waals surface area contributed by atoms with Crippen molar-refractivity contribution >= 4 is 5.95 Å². The zero-order chi connectivity index (χ0) is 10.7. The number of hydrogen-bond acceptors (Lipinski definition) is 4. The maximum Gasteiger partial charge on any atom is 0.224 e. The van der Waals surface area contributed by atoms with Crippen molar-refractivity contribution in [3.63, 3.8) is 0 Å². The first kappa shape index (κ1) is 11.0. The average molecular weight is 197 g/mol. The van der Waals surface area contributed by atoms with Crippen molar-refractivity contribution in [1.29, 1.82) is 0 Å². The molecule has 0 fully saturated rings. The third-order valence-electron chi connectivity index (χ3n) is 1.89. The van der Waals surface area contributed by atoms with Crippen molar-refractivity contribution in [2.24, 2.45) is 12.8 Å². The van der Waals surface area contributed by atoms with Crippen molar-refractivity contribution in [2.75, 3.05) is 5.32 Å². The highest BCUT2D eigenvalue weighted by Gasteiger charge is 2.10. The first-order valence-corrected chi connectivity index (χ1v) is 4.91. The molecule has 0 saturated heterocycles. The third kappa shape index (κ3) is 2.70. The third-order valence-corrected chi connectivity index (χ3v) is 1.89. The normalized spacial score (nSPS) is 13.3. The molecule has 0 bridgehead atoms. The van der Waals surface area contributed by atoms with Gasteiger partial charge < -0.3 is 15.6 Å². The first-order chi connectivity index (χ1) is 6.50. The monoisotopic (exact) mass is 197 g/mol. The predicted molar refractivity (Wildman–Crippen MR) is 57.1 cm³/mol. The van der Waals surface area contributed by atoms with E-state index in [9.17, 15) is 0 Å². The molecule has 0 saturated carbocycles. The second kappa shape index (κ2) is 4.41. The summed E-state index contributed by atoms with van der Waals surface area (Å²) in [4.78, 5) is 0. The van der Waals surface area contributed by atoms with Gasteiger partial charge in [-0.05, 0) is 20.8 Å². The molecule has 0 amide bonds. The van der Waals surface area contributed by atoms with Gasteiger partial charge in [-0.2, -0.15) is 0 Å². The first-order valence-electron chi connectivity index (χ1n) is 4.91. The van der Waals surface area contributed by atoms with E-state index in [1.165, 1.54) is 0 Å². The Bertz CT molecular complexity index is 262. The Morgan fingerprint density at radius 1 is 1.36 bits per heavy atom. The Kier molecular flexibility index (Phi) is 3.46. The fourth-order valence-electron chi connectivity index (χ4n) is 1.21. The Labute approximate surface area is 84.7 Å². The summed E-state index contributed by atoms with van der Waals surface area (Å²) < 4.78 is 1.95. The molecular weight excluding hydrogens is 178 g/mol. The van der Waals surface area contributed by atoms with Gasteiger partial charge in [0.15, 0.2) is 0 Å². The molecule has 14 heavy (non-hydrogen) atoms. The van der Waals surface area contributed by atoms with Crippen LogP contribution in [0.1, 0.15) is 26.6 Å². The van der Waals surface area contributed by atoms with Gasteiger partial charge in [-0.3, -0.25) is 0 Å². The van der Waals surface area contributed by atoms with E-state index in [-0.39, 0.29) is 6.04 Å². The highest BCUT2D eigenvalue weighted by Crippen LogP contribution is 2.07. The minimum Gasteiger partial charge on any atom is -0.352 e. The number of nitrogens with two attached hydrogens (primary N) is 1. The molecule has 0 spiro atoms. The fraction of sp³-hybridized carbons (Fsp3) is 0.778. The van der Waals surface area contributed by atoms with E-state index >= 15 is 0 Å². The fourth-order valence-corrected chi connectivity index (χ4v) is 1.21. The van der Waals surface area contributed by atoms with Gasteiger partial charge in [0.1, 0.15) is 5.82 Å². The molecule has 0 aliphatic carbocycles. The molecule has 3 N–H and O–H groups in total. The number of aromatic nitrogens is 3. The molecule has 0 aliphatic rings. The van der Waals surface area contributed by atoms with Gasteiger partial charge in [-0.1, -0.05) is 0 Å². The summed E-state index contributed by atoms with van der Waals surface area (Å²) >= 11 is 0. The minimum absolute atomic E-state index is 0.116. The van der Waals surface area contributed by atoms with Gasteiger partial charge in [0.2, 0.25) is 5.95 Å². The van der Waals surface area contributed by atoms with E-state index in [1.807, 2.05) is 18.5 Å². The summed E-state index contributed by atoms with van der Waals surface area (Å²) in [6.07, 6.45) is 0.753. The zero-order valence-electron chi connectivity index (χ0n) is 9.28. The van der Waals surface area contributed by atoms with Crippen molar-refractivity contribution in [1.82, 2.24) is 14.8 Å². The van der Waals surface area contributed by atoms with E-state index in [2.05, 4.69) is 29.4 Å². The molecule has 5 heteroatoms. The molecule has 1 atom stereocenters. The number of anilines is 1. The lowest BCUT2D eigenvalue weighted by Crippen LogP contribution is -2.20. The van der Waals surface area contributed by atoms with Gasteiger partial charge in [0, 0.05) is 25.6 Å². The lowest BCUT2D eigenvalue weighted by atomic mass is 10.2. The van der Waals surface area contributed by atoms with Crippen LogP contribution in [0.2, 0.25) is 0 Å². The van der Waals surface area contributed by atoms with Crippen LogP contribution in [0.5, 0.6) is 0 Å². The van der Waals surface area contributed by atoms with Crippen LogP contribution < -0.4 is 11.1 Å². The highest BCUT2D eigenvalue weighted by molar-refractivity contribution is 5.26. The van der Waals surface area contributed by atoms with Crippen LogP contribution in [0, 0.1) is 0 Å². The summed E-state index contributed by atoms with van der Waals surface area (Å²) in [6, 6.07) is 0.478. The van der Waals surface area contributed by atoms with Gasteiger partial charge >= 0.3 is 0 Å². The van der Waals surface area contributed by atoms with Crippen molar-refractivity contribution < 1.29 is 0 Å². The van der Waals surface area contributed by atoms with Crippen LogP contribution in [-0.4, -0.2) is 26.8 Å². The SMILES string of the molecule is CC(N)Cc1nnc(NC(C)C)n1C. The van der Waals surface area contributed by atoms with E-state index in [0.29, 0.717) is 6.04 Å². The molecule has 1 aromatic rings. The average Bonchev–Trinajstić information content (AvgIpc) is 2.34. The number of nitrogens with zero attached hydrogens (tertiary/aromatic N) is 3. The topological polar surface area (TPSA) is 68.8 Å². The Balaban J connectivity index is 2.75. The summed E-state index contributed by atoms with van der Waals surface area (Å²) in [7, 11) is 1.95. The predicted octanol–water partition coefficient (Wildman–Crippen LogP) is 0.525. The highest BCUT2D eigenvalue weighted by atomic mass is 15.3. The van der Waals surface area contributed by atoms with Crippen LogP contribution in [-0.2, 0) is 13.5 Å². The molecular formula is C9H19N5. The van der Waals surface area contributed by atoms with Gasteiger partial charge in [0.25, 0.3) is 0 Å². The van der Waals surface area contributed by atoms with Crippen LogP contribution in [0.15, 0.2) is 0 Å². The molecule has 1 rings (SSSR count). The number of hydrogen-bond donors (Lipinski definition) is 2. The molecule has 1 aromatic heterocycles. The van der Waals surface area contributed by atoms with E-state index in [4.69, 9.17) is 5.73 Å². The molecule has 80 valence electrons. The summed E-state index contributed by atoms with van der Waals surface area (Å²) in [5, 5.41) is 11.3. The van der Waals surface area contributed by atoms with Crippen LogP contribution >= 0.6 is 0 Å². The summed E-state index contributed by atoms with van der Waals surface area (Å²) in [5.41, 5.74) is 5.70. The Morgan fingerprint density at radius 3 is 2.50 bits per heavy atom. The van der Waals surface area contributed by atoms with E-state index < -0.39 is 0 Å². The van der Waals surface area contributed by atoms with Gasteiger partial charge in [-0.25, -0.2) is 0 Å². The van der Waals surface area contributed by atoms with Crippen molar-refractivity contribution in [2.45, 2.75) is 39.3 Å². The smallest absolute Gasteiger partial charge is 0.224 e. The molecule has 5 nitrogen and oxygen atoms in total. The van der Waals surface area contributed by atoms with Crippen molar-refractivity contribution in [3.8, 4) is 0 Å².